The van der Waals surface area contributed by atoms with Crippen molar-refractivity contribution in [3.63, 3.8) is 0 Å². The Bertz CT molecular complexity index is 1370. The van der Waals surface area contributed by atoms with Gasteiger partial charge in [0.05, 0.1) is 17.8 Å². The summed E-state index contributed by atoms with van der Waals surface area (Å²) in [6, 6.07) is 21.5. The first-order chi connectivity index (χ1) is 17.0. The predicted molar refractivity (Wildman–Crippen MR) is 143 cm³/mol. The molecule has 7 heteroatoms. The molecule has 0 spiro atoms. The summed E-state index contributed by atoms with van der Waals surface area (Å²) in [6.07, 6.45) is 1.83. The average molecular weight is 487 g/mol. The molecule has 0 radical (unpaired) electrons. The molecule has 0 saturated carbocycles. The molecule has 1 aliphatic heterocycles. The summed E-state index contributed by atoms with van der Waals surface area (Å²) in [4.78, 5) is 22.4. The van der Waals surface area contributed by atoms with Crippen LogP contribution in [0.2, 0.25) is 5.02 Å². The lowest BCUT2D eigenvalue weighted by atomic mass is 10.1. The van der Waals surface area contributed by atoms with Gasteiger partial charge in [-0.3, -0.25) is 4.79 Å². The fourth-order valence-electron chi connectivity index (χ4n) is 4.43. The van der Waals surface area contributed by atoms with Crippen LogP contribution < -0.4 is 19.9 Å². The van der Waals surface area contributed by atoms with E-state index in [1.165, 1.54) is 5.69 Å². The third-order valence-electron chi connectivity index (χ3n) is 6.40. The third-order valence-corrected chi connectivity index (χ3v) is 6.71. The Hall–Kier alpha value is -3.77. The maximum Gasteiger partial charge on any atom is 0.255 e. The molecule has 1 saturated heterocycles. The summed E-state index contributed by atoms with van der Waals surface area (Å²) < 4.78 is 5.27. The first-order valence-electron chi connectivity index (χ1n) is 11.6. The summed E-state index contributed by atoms with van der Waals surface area (Å²) >= 11 is 6.31. The van der Waals surface area contributed by atoms with Crippen LogP contribution in [0.4, 0.5) is 17.2 Å². The molecule has 35 heavy (non-hydrogen) atoms. The largest absolute Gasteiger partial charge is 0.497 e. The Morgan fingerprint density at radius 3 is 2.40 bits per heavy atom. The second-order valence-corrected chi connectivity index (χ2v) is 9.09. The normalized spacial score (nSPS) is 13.7. The number of amides is 1. The van der Waals surface area contributed by atoms with Crippen molar-refractivity contribution in [3.8, 4) is 5.75 Å². The van der Waals surface area contributed by atoms with E-state index in [1.807, 2.05) is 67.7 Å². The van der Waals surface area contributed by atoms with Crippen LogP contribution in [0.25, 0.3) is 10.8 Å². The maximum absolute atomic E-state index is 13.0. The van der Waals surface area contributed by atoms with E-state index in [4.69, 9.17) is 21.3 Å². The number of hydrogen-bond acceptors (Lipinski definition) is 5. The molecule has 1 N–H and O–H groups in total. The molecule has 6 nitrogen and oxygen atoms in total. The highest BCUT2D eigenvalue weighted by molar-refractivity contribution is 6.34. The molecule has 5 rings (SSSR count). The molecular formula is C28H27ClN4O2. The van der Waals surface area contributed by atoms with Crippen molar-refractivity contribution in [2.45, 2.75) is 6.92 Å². The Morgan fingerprint density at radius 2 is 1.69 bits per heavy atom. The number of methoxy groups -OCH3 is 1. The van der Waals surface area contributed by atoms with Crippen molar-refractivity contribution in [2.24, 2.45) is 0 Å². The van der Waals surface area contributed by atoms with Crippen LogP contribution in [-0.2, 0) is 0 Å². The highest BCUT2D eigenvalue weighted by atomic mass is 35.5. The number of carbonyl (C=O) groups is 1. The Labute approximate surface area is 210 Å². The first kappa shape index (κ1) is 23.0. The van der Waals surface area contributed by atoms with E-state index >= 15 is 0 Å². The van der Waals surface area contributed by atoms with Gasteiger partial charge in [-0.2, -0.15) is 0 Å². The van der Waals surface area contributed by atoms with Gasteiger partial charge in [0.25, 0.3) is 5.91 Å². The van der Waals surface area contributed by atoms with Crippen molar-refractivity contribution in [3.05, 3.63) is 89.1 Å². The van der Waals surface area contributed by atoms with Gasteiger partial charge in [0, 0.05) is 49.0 Å². The molecule has 178 valence electrons. The number of carbonyl (C=O) groups excluding carboxylic acids is 1. The van der Waals surface area contributed by atoms with Gasteiger partial charge in [-0.1, -0.05) is 23.7 Å². The number of halogens is 1. The number of fused-ring (bicyclic) bond motifs is 1. The Morgan fingerprint density at radius 1 is 0.943 bits per heavy atom. The van der Waals surface area contributed by atoms with Gasteiger partial charge >= 0.3 is 0 Å². The van der Waals surface area contributed by atoms with Crippen molar-refractivity contribution in [1.82, 2.24) is 4.98 Å². The van der Waals surface area contributed by atoms with Crippen LogP contribution in [-0.4, -0.2) is 44.2 Å². The van der Waals surface area contributed by atoms with Crippen molar-refractivity contribution in [1.29, 1.82) is 0 Å². The van der Waals surface area contributed by atoms with Crippen LogP contribution in [0.3, 0.4) is 0 Å². The van der Waals surface area contributed by atoms with E-state index in [0.717, 1.165) is 54.1 Å². The van der Waals surface area contributed by atoms with Crippen molar-refractivity contribution in [2.75, 3.05) is 48.4 Å². The topological polar surface area (TPSA) is 57.7 Å². The number of anilines is 3. The molecule has 0 aliphatic carbocycles. The van der Waals surface area contributed by atoms with Crippen LogP contribution in [0.5, 0.6) is 5.75 Å². The van der Waals surface area contributed by atoms with Crippen molar-refractivity contribution >= 4 is 45.5 Å². The van der Waals surface area contributed by atoms with Gasteiger partial charge in [-0.25, -0.2) is 4.98 Å². The zero-order valence-electron chi connectivity index (χ0n) is 19.8. The molecular weight excluding hydrogens is 460 g/mol. The van der Waals surface area contributed by atoms with Crippen LogP contribution in [0.1, 0.15) is 15.9 Å². The number of aryl methyl sites for hydroxylation is 1. The SMILES string of the molecule is COc1ccc(N2CCN(c3nccc4ccc(C(=O)Nc5ccc(C)cc5Cl)cc34)CC2)cc1. The summed E-state index contributed by atoms with van der Waals surface area (Å²) in [6.45, 7) is 5.42. The molecule has 0 unspecified atom stereocenters. The lowest BCUT2D eigenvalue weighted by molar-refractivity contribution is 0.102. The molecule has 0 atom stereocenters. The minimum atomic E-state index is -0.197. The van der Waals surface area contributed by atoms with E-state index < -0.39 is 0 Å². The lowest BCUT2D eigenvalue weighted by Gasteiger charge is -2.37. The average Bonchev–Trinajstić information content (AvgIpc) is 2.90. The second-order valence-electron chi connectivity index (χ2n) is 8.68. The second kappa shape index (κ2) is 9.84. The summed E-state index contributed by atoms with van der Waals surface area (Å²) in [5, 5.41) is 5.47. The number of nitrogens with zero attached hydrogens (tertiary/aromatic N) is 3. The van der Waals surface area contributed by atoms with Crippen LogP contribution in [0, 0.1) is 6.92 Å². The number of pyridine rings is 1. The highest BCUT2D eigenvalue weighted by Gasteiger charge is 2.21. The fraction of sp³-hybridized carbons (Fsp3) is 0.214. The summed E-state index contributed by atoms with van der Waals surface area (Å²) in [5.74, 6) is 1.56. The van der Waals surface area contributed by atoms with Gasteiger partial charge in [0.2, 0.25) is 0 Å². The smallest absolute Gasteiger partial charge is 0.255 e. The zero-order valence-corrected chi connectivity index (χ0v) is 20.5. The van der Waals surface area contributed by atoms with Crippen LogP contribution in [0.15, 0.2) is 72.9 Å². The number of piperazine rings is 1. The van der Waals surface area contributed by atoms with E-state index in [2.05, 4.69) is 27.2 Å². The minimum absolute atomic E-state index is 0.197. The molecule has 1 amide bonds. The number of aromatic nitrogens is 1. The van der Waals surface area contributed by atoms with Crippen LogP contribution >= 0.6 is 11.6 Å². The van der Waals surface area contributed by atoms with Gasteiger partial charge in [0.15, 0.2) is 0 Å². The predicted octanol–water partition coefficient (Wildman–Crippen LogP) is 5.78. The summed E-state index contributed by atoms with van der Waals surface area (Å²) in [5.41, 5.74) is 3.40. The quantitative estimate of drug-likeness (QED) is 0.387. The number of benzene rings is 3. The molecule has 2 heterocycles. The third kappa shape index (κ3) is 4.88. The fourth-order valence-corrected chi connectivity index (χ4v) is 4.71. The van der Waals surface area contributed by atoms with Gasteiger partial charge in [0.1, 0.15) is 11.6 Å². The van der Waals surface area contributed by atoms with Gasteiger partial charge in [-0.15, -0.1) is 0 Å². The standard InChI is InChI=1S/C28H27ClN4O2/c1-19-3-10-26(25(29)17-19)31-28(34)21-5-4-20-11-12-30-27(24(20)18-21)33-15-13-32(14-16-33)22-6-8-23(35-2)9-7-22/h3-12,17-18H,13-16H2,1-2H3,(H,31,34). The first-order valence-corrected chi connectivity index (χ1v) is 12.0. The van der Waals surface area contributed by atoms with E-state index in [1.54, 1.807) is 7.11 Å². The Kier molecular flexibility index (Phi) is 6.47. The molecule has 1 aromatic heterocycles. The number of rotatable bonds is 5. The number of nitrogens with one attached hydrogen (secondary N) is 1. The van der Waals surface area contributed by atoms with Crippen molar-refractivity contribution < 1.29 is 9.53 Å². The molecule has 1 fully saturated rings. The van der Waals surface area contributed by atoms with Gasteiger partial charge in [-0.05, 0) is 72.5 Å². The number of hydrogen-bond donors (Lipinski definition) is 1. The van der Waals surface area contributed by atoms with Gasteiger partial charge < -0.3 is 19.9 Å². The van der Waals surface area contributed by atoms with E-state index in [9.17, 15) is 4.79 Å². The van der Waals surface area contributed by atoms with E-state index in [-0.39, 0.29) is 5.91 Å². The highest BCUT2D eigenvalue weighted by Crippen LogP contribution is 2.29. The molecule has 3 aromatic carbocycles. The summed E-state index contributed by atoms with van der Waals surface area (Å²) in [7, 11) is 1.68. The lowest BCUT2D eigenvalue weighted by Crippen LogP contribution is -2.46. The molecule has 0 bridgehead atoms. The van der Waals surface area contributed by atoms with E-state index in [0.29, 0.717) is 16.3 Å². The monoisotopic (exact) mass is 486 g/mol. The maximum atomic E-state index is 13.0. The molecule has 4 aromatic rings. The zero-order chi connectivity index (χ0) is 24.4. The molecule has 1 aliphatic rings. The Balaban J connectivity index is 1.35. The number of ether oxygens (including phenoxy) is 1. The minimum Gasteiger partial charge on any atom is -0.497 e.